The van der Waals surface area contributed by atoms with Crippen LogP contribution in [-0.4, -0.2) is 18.9 Å². The average molecular weight is 321 g/mol. The number of nitriles is 1. The normalized spacial score (nSPS) is 10.9. The van der Waals surface area contributed by atoms with Crippen LogP contribution in [0.15, 0.2) is 51.6 Å². The Morgan fingerprint density at radius 1 is 1.22 bits per heavy atom. The van der Waals surface area contributed by atoms with Gasteiger partial charge < -0.3 is 0 Å². The first-order valence-corrected chi connectivity index (χ1v) is 7.46. The molecule has 0 bridgehead atoms. The molecule has 0 spiro atoms. The number of fused-ring (bicyclic) bond motifs is 2. The van der Waals surface area contributed by atoms with Gasteiger partial charge in [0.1, 0.15) is 17.3 Å². The van der Waals surface area contributed by atoms with Crippen molar-refractivity contribution in [3.8, 4) is 11.2 Å². The molecule has 7 nitrogen and oxygen atoms in total. The molecule has 4 rings (SSSR count). The van der Waals surface area contributed by atoms with Crippen LogP contribution in [0.4, 0.5) is 0 Å². The Bertz CT molecular complexity index is 1220. The van der Waals surface area contributed by atoms with E-state index in [4.69, 9.17) is 0 Å². The second-order valence-corrected chi connectivity index (χ2v) is 5.58. The van der Waals surface area contributed by atoms with E-state index >= 15 is 0 Å². The number of rotatable bonds is 1. The Kier molecular flexibility index (Phi) is 2.82. The summed E-state index contributed by atoms with van der Waals surface area (Å²) in [6.45, 7) is 0. The van der Waals surface area contributed by atoms with Gasteiger partial charge >= 0.3 is 0 Å². The summed E-state index contributed by atoms with van der Waals surface area (Å²) in [7, 11) is 0. The van der Waals surface area contributed by atoms with Gasteiger partial charge in [-0.3, -0.25) is 14.0 Å². The summed E-state index contributed by atoms with van der Waals surface area (Å²) < 4.78 is 2.59. The molecule has 0 radical (unpaired) electrons. The van der Waals surface area contributed by atoms with Crippen LogP contribution in [0, 0.1) is 11.3 Å². The van der Waals surface area contributed by atoms with Crippen molar-refractivity contribution in [1.29, 1.82) is 5.26 Å². The summed E-state index contributed by atoms with van der Waals surface area (Å²) in [4.78, 5) is 33.7. The van der Waals surface area contributed by atoms with Crippen molar-refractivity contribution in [3.63, 3.8) is 0 Å². The van der Waals surface area contributed by atoms with Gasteiger partial charge in [0.2, 0.25) is 0 Å². The van der Waals surface area contributed by atoms with E-state index in [1.807, 2.05) is 6.07 Å². The monoisotopic (exact) mass is 321 g/mol. The third-order valence-corrected chi connectivity index (χ3v) is 4.17. The second kappa shape index (κ2) is 4.86. The molecule has 0 N–H and O–H groups in total. The summed E-state index contributed by atoms with van der Waals surface area (Å²) in [5.74, 6) is 0. The molecule has 0 amide bonds. The van der Waals surface area contributed by atoms with Crippen LogP contribution in [-0.2, 0) is 0 Å². The lowest BCUT2D eigenvalue weighted by Gasteiger charge is -2.08. The fourth-order valence-corrected chi connectivity index (χ4v) is 3.03. The van der Waals surface area contributed by atoms with Crippen LogP contribution in [0.1, 0.15) is 5.56 Å². The minimum Gasteiger partial charge on any atom is -0.268 e. The predicted octanol–water partition coefficient (Wildman–Crippen LogP) is 1.33. The maximum Gasteiger partial charge on any atom is 0.276 e. The lowest BCUT2D eigenvalue weighted by Crippen LogP contribution is -2.26. The standard InChI is InChI=1S/C15H7N5O2S/c16-8-9-7-10-12(20(13(9)21)15-17-4-6-23-15)18-11-3-1-2-5-19(11)14(10)22/h1-7H. The number of hydrogen-bond donors (Lipinski definition) is 0. The Morgan fingerprint density at radius 2 is 2.09 bits per heavy atom. The summed E-state index contributed by atoms with van der Waals surface area (Å²) in [5, 5.41) is 11.5. The molecule has 4 aromatic heterocycles. The molecule has 0 saturated carbocycles. The molecule has 0 aliphatic heterocycles. The molecular weight excluding hydrogens is 314 g/mol. The van der Waals surface area contributed by atoms with Gasteiger partial charge in [-0.2, -0.15) is 5.26 Å². The van der Waals surface area contributed by atoms with Crippen molar-refractivity contribution >= 4 is 28.0 Å². The molecule has 4 heterocycles. The molecular formula is C15H7N5O2S. The van der Waals surface area contributed by atoms with E-state index < -0.39 is 5.56 Å². The number of thiazole rings is 1. The minimum absolute atomic E-state index is 0.123. The van der Waals surface area contributed by atoms with Gasteiger partial charge in [-0.25, -0.2) is 14.5 Å². The molecule has 0 aromatic carbocycles. The van der Waals surface area contributed by atoms with Crippen LogP contribution in [0.3, 0.4) is 0 Å². The highest BCUT2D eigenvalue weighted by Gasteiger charge is 2.17. The molecule has 8 heteroatoms. The lowest BCUT2D eigenvalue weighted by atomic mass is 10.2. The molecule has 0 aliphatic rings. The largest absolute Gasteiger partial charge is 0.276 e. The Balaban J connectivity index is 2.32. The first kappa shape index (κ1) is 13.4. The Morgan fingerprint density at radius 3 is 2.83 bits per heavy atom. The molecule has 0 fully saturated rings. The summed E-state index contributed by atoms with van der Waals surface area (Å²) in [6.07, 6.45) is 3.14. The molecule has 0 aliphatic carbocycles. The van der Waals surface area contributed by atoms with Crippen LogP contribution < -0.4 is 11.1 Å². The number of pyridine rings is 2. The van der Waals surface area contributed by atoms with Gasteiger partial charge in [-0.05, 0) is 18.2 Å². The van der Waals surface area contributed by atoms with E-state index in [2.05, 4.69) is 9.97 Å². The molecule has 0 atom stereocenters. The van der Waals surface area contributed by atoms with Gasteiger partial charge in [0, 0.05) is 17.8 Å². The minimum atomic E-state index is -0.540. The van der Waals surface area contributed by atoms with Gasteiger partial charge in [-0.15, -0.1) is 11.3 Å². The van der Waals surface area contributed by atoms with Gasteiger partial charge in [0.05, 0.1) is 5.39 Å². The van der Waals surface area contributed by atoms with E-state index in [1.54, 1.807) is 36.0 Å². The van der Waals surface area contributed by atoms with Gasteiger partial charge in [0.25, 0.3) is 11.1 Å². The fourth-order valence-electron chi connectivity index (χ4n) is 2.39. The smallest absolute Gasteiger partial charge is 0.268 e. The zero-order valence-corrected chi connectivity index (χ0v) is 12.3. The predicted molar refractivity (Wildman–Crippen MR) is 85.0 cm³/mol. The van der Waals surface area contributed by atoms with E-state index in [0.717, 1.165) is 0 Å². The van der Waals surface area contributed by atoms with Crippen molar-refractivity contribution in [2.24, 2.45) is 0 Å². The van der Waals surface area contributed by atoms with Crippen molar-refractivity contribution < 1.29 is 0 Å². The zero-order chi connectivity index (χ0) is 16.0. The molecule has 4 aromatic rings. The third kappa shape index (κ3) is 1.88. The quantitative estimate of drug-likeness (QED) is 0.493. The topological polar surface area (TPSA) is 93.0 Å². The van der Waals surface area contributed by atoms with E-state index in [9.17, 15) is 14.9 Å². The fraction of sp³-hybridized carbons (Fsp3) is 0. The second-order valence-electron chi connectivity index (χ2n) is 4.71. The van der Waals surface area contributed by atoms with E-state index in [-0.39, 0.29) is 22.2 Å². The molecule has 0 saturated heterocycles. The van der Waals surface area contributed by atoms with Gasteiger partial charge in [0.15, 0.2) is 10.8 Å². The van der Waals surface area contributed by atoms with Crippen molar-refractivity contribution in [2.75, 3.05) is 0 Å². The van der Waals surface area contributed by atoms with E-state index in [1.165, 1.54) is 26.4 Å². The molecule has 110 valence electrons. The molecule has 23 heavy (non-hydrogen) atoms. The average Bonchev–Trinajstić information content (AvgIpc) is 3.09. The SMILES string of the molecule is N#Cc1cc2c(=O)n3ccccc3nc2n(-c2nccs2)c1=O. The highest BCUT2D eigenvalue weighted by atomic mass is 32.1. The Labute approximate surface area is 132 Å². The maximum atomic E-state index is 12.7. The summed E-state index contributed by atoms with van der Waals surface area (Å²) in [5.41, 5.74) is -0.392. The van der Waals surface area contributed by atoms with Gasteiger partial charge in [-0.1, -0.05) is 6.07 Å². The van der Waals surface area contributed by atoms with Crippen molar-refractivity contribution in [2.45, 2.75) is 0 Å². The van der Waals surface area contributed by atoms with E-state index in [0.29, 0.717) is 10.8 Å². The van der Waals surface area contributed by atoms with Crippen molar-refractivity contribution in [1.82, 2.24) is 18.9 Å². The van der Waals surface area contributed by atoms with Crippen LogP contribution >= 0.6 is 11.3 Å². The third-order valence-electron chi connectivity index (χ3n) is 3.41. The first-order chi connectivity index (χ1) is 11.2. The van der Waals surface area contributed by atoms with Crippen molar-refractivity contribution in [3.05, 3.63) is 68.3 Å². The first-order valence-electron chi connectivity index (χ1n) is 6.58. The molecule has 0 unspecified atom stereocenters. The van der Waals surface area contributed by atoms with Crippen LogP contribution in [0.5, 0.6) is 0 Å². The zero-order valence-electron chi connectivity index (χ0n) is 11.5. The Hall–Kier alpha value is -3.31. The van der Waals surface area contributed by atoms with Crippen LogP contribution in [0.25, 0.3) is 21.8 Å². The maximum absolute atomic E-state index is 12.7. The highest BCUT2D eigenvalue weighted by molar-refractivity contribution is 7.12. The number of aromatic nitrogens is 4. The highest BCUT2D eigenvalue weighted by Crippen LogP contribution is 2.16. The number of nitrogens with zero attached hydrogens (tertiary/aromatic N) is 5. The summed E-state index contributed by atoms with van der Waals surface area (Å²) >= 11 is 1.23. The number of hydrogen-bond acceptors (Lipinski definition) is 6. The summed E-state index contributed by atoms with van der Waals surface area (Å²) in [6, 6.07) is 8.26. The van der Waals surface area contributed by atoms with Crippen LogP contribution in [0.2, 0.25) is 0 Å². The lowest BCUT2D eigenvalue weighted by molar-refractivity contribution is 0.971.